The van der Waals surface area contributed by atoms with Gasteiger partial charge in [0.25, 0.3) is 5.24 Å². The van der Waals surface area contributed by atoms with Gasteiger partial charge in [-0.15, -0.1) is 6.58 Å². The number of thioether (sulfide) groups is 1. The lowest BCUT2D eigenvalue weighted by Crippen LogP contribution is -2.60. The van der Waals surface area contributed by atoms with Crippen LogP contribution in [0.3, 0.4) is 0 Å². The topological polar surface area (TPSA) is 91.4 Å². The largest absolute Gasteiger partial charge is 0.523 e. The Kier molecular flexibility index (Phi) is 9.36. The van der Waals surface area contributed by atoms with E-state index in [1.807, 2.05) is 0 Å². The van der Waals surface area contributed by atoms with E-state index in [1.54, 1.807) is 30.3 Å². The van der Waals surface area contributed by atoms with E-state index in [1.165, 1.54) is 19.1 Å². The molecule has 2 heterocycles. The molecule has 8 nitrogen and oxygen atoms in total. The molecule has 0 spiro atoms. The third-order valence-corrected chi connectivity index (χ3v) is 8.28. The second-order valence-electron chi connectivity index (χ2n) is 8.60. The molecule has 4 unspecified atom stereocenters. The summed E-state index contributed by atoms with van der Waals surface area (Å²) >= 11 is 1.04. The molecule has 36 heavy (non-hydrogen) atoms. The number of hydrogen-bond donors (Lipinski definition) is 0. The van der Waals surface area contributed by atoms with E-state index in [4.69, 9.17) is 14.2 Å². The molecule has 0 saturated carbocycles. The summed E-state index contributed by atoms with van der Waals surface area (Å²) < 4.78 is 84.7. The fourth-order valence-electron chi connectivity index (χ4n) is 4.45. The molecule has 0 aliphatic carbocycles. The lowest BCUT2D eigenvalue weighted by molar-refractivity contribution is -0.303. The number of ether oxygens (including phenoxy) is 3. The van der Waals surface area contributed by atoms with Gasteiger partial charge in [0.05, 0.1) is 25.4 Å². The molecule has 1 aromatic carbocycles. The van der Waals surface area contributed by atoms with E-state index in [2.05, 4.69) is 10.8 Å². The van der Waals surface area contributed by atoms with Gasteiger partial charge in [-0.1, -0.05) is 30.0 Å². The zero-order valence-corrected chi connectivity index (χ0v) is 21.7. The number of nitrogens with zero attached hydrogens (tertiary/aromatic N) is 1. The van der Waals surface area contributed by atoms with Crippen molar-refractivity contribution < 1.29 is 44.8 Å². The van der Waals surface area contributed by atoms with Crippen molar-refractivity contribution in [2.24, 2.45) is 0 Å². The molecule has 1 aromatic rings. The van der Waals surface area contributed by atoms with E-state index in [-0.39, 0.29) is 30.4 Å². The van der Waals surface area contributed by atoms with Crippen LogP contribution < -0.4 is 4.74 Å². The Morgan fingerprint density at radius 3 is 2.56 bits per heavy atom. The zero-order valence-electron chi connectivity index (χ0n) is 20.0. The van der Waals surface area contributed by atoms with Crippen LogP contribution in [0, 0.1) is 0 Å². The van der Waals surface area contributed by atoms with Gasteiger partial charge in [-0.2, -0.15) is 21.6 Å². The summed E-state index contributed by atoms with van der Waals surface area (Å²) in [7, 11) is -2.96. The highest BCUT2D eigenvalue weighted by Crippen LogP contribution is 2.43. The maximum absolute atomic E-state index is 13.1. The van der Waals surface area contributed by atoms with E-state index in [0.717, 1.165) is 17.3 Å². The SMILES string of the molecule is C=CCCCC1CC(OS(=O)(=O)C(F)(F)F)CC(OC)(C2CSC(=O)N2Cc2ccc(OC)cc2)O1. The van der Waals surface area contributed by atoms with E-state index in [0.29, 0.717) is 25.0 Å². The van der Waals surface area contributed by atoms with Crippen LogP contribution in [0.4, 0.5) is 18.0 Å². The molecule has 3 rings (SSSR count). The van der Waals surface area contributed by atoms with Gasteiger partial charge < -0.3 is 19.1 Å². The van der Waals surface area contributed by atoms with Gasteiger partial charge in [0.15, 0.2) is 5.79 Å². The fraction of sp³-hybridized carbons (Fsp3) is 0.609. The Bertz CT molecular complexity index is 1020. The van der Waals surface area contributed by atoms with E-state index in [9.17, 15) is 26.4 Å². The van der Waals surface area contributed by atoms with Crippen molar-refractivity contribution in [2.45, 2.75) is 68.2 Å². The van der Waals surface area contributed by atoms with Gasteiger partial charge in [0.1, 0.15) is 5.75 Å². The third kappa shape index (κ3) is 6.55. The predicted octanol–water partition coefficient (Wildman–Crippen LogP) is 4.85. The van der Waals surface area contributed by atoms with Gasteiger partial charge in [-0.05, 0) is 37.0 Å². The fourth-order valence-corrected chi connectivity index (χ4v) is 6.15. The Hall–Kier alpha value is -1.80. The summed E-state index contributed by atoms with van der Waals surface area (Å²) in [6.07, 6.45) is 1.05. The first-order valence-corrected chi connectivity index (χ1v) is 13.7. The summed E-state index contributed by atoms with van der Waals surface area (Å²) in [5.74, 6) is -0.662. The van der Waals surface area contributed by atoms with E-state index < -0.39 is 39.7 Å². The number of unbranched alkanes of at least 4 members (excludes halogenated alkanes) is 1. The zero-order chi connectivity index (χ0) is 26.6. The number of benzene rings is 1. The number of halogens is 3. The summed E-state index contributed by atoms with van der Waals surface area (Å²) in [5, 5.41) is -0.245. The average Bonchev–Trinajstić information content (AvgIpc) is 3.19. The molecule has 202 valence electrons. The lowest BCUT2D eigenvalue weighted by Gasteiger charge is -2.48. The van der Waals surface area contributed by atoms with Crippen molar-refractivity contribution in [3.63, 3.8) is 0 Å². The first-order valence-electron chi connectivity index (χ1n) is 11.3. The van der Waals surface area contributed by atoms with Crippen LogP contribution in [0.2, 0.25) is 0 Å². The maximum atomic E-state index is 13.1. The van der Waals surface area contributed by atoms with Crippen molar-refractivity contribution >= 4 is 27.1 Å². The van der Waals surface area contributed by atoms with Crippen LogP contribution in [0.15, 0.2) is 36.9 Å². The Balaban J connectivity index is 1.89. The van der Waals surface area contributed by atoms with Crippen molar-refractivity contribution in [3.8, 4) is 5.75 Å². The highest BCUT2D eigenvalue weighted by atomic mass is 32.2. The summed E-state index contributed by atoms with van der Waals surface area (Å²) in [5.41, 5.74) is -4.76. The number of carbonyl (C=O) groups excluding carboxylic acids is 1. The maximum Gasteiger partial charge on any atom is 0.523 e. The number of carbonyl (C=O) groups is 1. The van der Waals surface area contributed by atoms with Crippen molar-refractivity contribution in [1.82, 2.24) is 4.90 Å². The highest BCUT2D eigenvalue weighted by Gasteiger charge is 2.56. The second kappa shape index (κ2) is 11.7. The molecule has 0 radical (unpaired) electrons. The first-order chi connectivity index (χ1) is 16.9. The van der Waals surface area contributed by atoms with Gasteiger partial charge in [0.2, 0.25) is 0 Å². The van der Waals surface area contributed by atoms with Gasteiger partial charge in [-0.25, -0.2) is 0 Å². The monoisotopic (exact) mass is 553 g/mol. The molecule has 0 bridgehead atoms. The van der Waals surface area contributed by atoms with Crippen LogP contribution in [0.1, 0.15) is 37.7 Å². The van der Waals surface area contributed by atoms with Crippen molar-refractivity contribution in [2.75, 3.05) is 20.0 Å². The average molecular weight is 554 g/mol. The molecule has 2 aliphatic rings. The third-order valence-electron chi connectivity index (χ3n) is 6.23. The first kappa shape index (κ1) is 28.8. The summed E-state index contributed by atoms with van der Waals surface area (Å²) in [6.45, 7) is 3.86. The Morgan fingerprint density at radius 1 is 1.28 bits per heavy atom. The molecule has 1 amide bonds. The van der Waals surface area contributed by atoms with Crippen LogP contribution in [-0.4, -0.2) is 68.1 Å². The summed E-state index contributed by atoms with van der Waals surface area (Å²) in [4.78, 5) is 14.4. The Morgan fingerprint density at radius 2 is 1.97 bits per heavy atom. The smallest absolute Gasteiger partial charge is 0.497 e. The van der Waals surface area contributed by atoms with Gasteiger partial charge >= 0.3 is 15.6 Å². The number of allylic oxidation sites excluding steroid dienone is 1. The molecule has 13 heteroatoms. The number of rotatable bonds is 11. The number of methoxy groups -OCH3 is 2. The number of alkyl halides is 3. The normalized spacial score (nSPS) is 27.3. The predicted molar refractivity (Wildman–Crippen MR) is 128 cm³/mol. The second-order valence-corrected chi connectivity index (χ2v) is 11.1. The van der Waals surface area contributed by atoms with E-state index >= 15 is 0 Å². The molecule has 0 N–H and O–H groups in total. The number of amides is 1. The quantitative estimate of drug-likeness (QED) is 0.166. The molecular weight excluding hydrogens is 523 g/mol. The standard InChI is InChI=1S/C23H30F3NO7S2/c1-4-5-6-7-18-12-19(34-36(29,30)23(24,25)26)13-22(32-3,33-18)20-15-35-21(28)27(20)14-16-8-10-17(31-2)11-9-16/h4,8-11,18-20H,1,5-7,12-15H2,2-3H3. The molecular formula is C23H30F3NO7S2. The minimum absolute atomic E-state index is 0.0656. The van der Waals surface area contributed by atoms with Crippen LogP contribution >= 0.6 is 11.8 Å². The highest BCUT2D eigenvalue weighted by molar-refractivity contribution is 8.13. The minimum atomic E-state index is -5.83. The number of hydrogen-bond acceptors (Lipinski definition) is 8. The van der Waals surface area contributed by atoms with Gasteiger partial charge in [-0.3, -0.25) is 8.98 Å². The molecule has 2 fully saturated rings. The molecule has 2 saturated heterocycles. The van der Waals surface area contributed by atoms with Crippen molar-refractivity contribution in [1.29, 1.82) is 0 Å². The summed E-state index contributed by atoms with van der Waals surface area (Å²) in [6, 6.07) is 6.41. The lowest BCUT2D eigenvalue weighted by atomic mass is 9.90. The van der Waals surface area contributed by atoms with Crippen LogP contribution in [0.5, 0.6) is 5.75 Å². The Labute approximate surface area is 213 Å². The van der Waals surface area contributed by atoms with Gasteiger partial charge in [0, 0.05) is 32.2 Å². The van der Waals surface area contributed by atoms with Crippen LogP contribution in [-0.2, 0) is 30.3 Å². The molecule has 4 atom stereocenters. The van der Waals surface area contributed by atoms with Crippen LogP contribution in [0.25, 0.3) is 0 Å². The molecule has 0 aromatic heterocycles. The minimum Gasteiger partial charge on any atom is -0.497 e. The molecule has 2 aliphatic heterocycles. The van der Waals surface area contributed by atoms with Crippen molar-refractivity contribution in [3.05, 3.63) is 42.5 Å².